The summed E-state index contributed by atoms with van der Waals surface area (Å²) in [7, 11) is 1.72. The highest BCUT2D eigenvalue weighted by atomic mass is 32.1. The van der Waals surface area contributed by atoms with E-state index in [-0.39, 0.29) is 5.92 Å². The summed E-state index contributed by atoms with van der Waals surface area (Å²) < 4.78 is 6.84. The molecule has 126 valence electrons. The van der Waals surface area contributed by atoms with Gasteiger partial charge in [-0.2, -0.15) is 0 Å². The quantitative estimate of drug-likeness (QED) is 0.566. The van der Waals surface area contributed by atoms with Crippen molar-refractivity contribution in [3.63, 3.8) is 0 Å². The third-order valence-electron chi connectivity index (χ3n) is 4.61. The van der Waals surface area contributed by atoms with Crippen molar-refractivity contribution in [2.45, 2.75) is 12.3 Å². The van der Waals surface area contributed by atoms with Gasteiger partial charge >= 0.3 is 0 Å². The van der Waals surface area contributed by atoms with Crippen LogP contribution in [0.4, 0.5) is 0 Å². The number of aromatic nitrogens is 1. The molecule has 4 aromatic rings. The topological polar surface area (TPSA) is 48.1 Å². The molecule has 4 rings (SSSR count). The first kappa shape index (κ1) is 16.1. The van der Waals surface area contributed by atoms with Crippen molar-refractivity contribution in [2.24, 2.45) is 5.73 Å². The van der Waals surface area contributed by atoms with Crippen LogP contribution in [0, 0.1) is 0 Å². The van der Waals surface area contributed by atoms with Crippen LogP contribution < -0.4 is 10.5 Å². The lowest BCUT2D eigenvalue weighted by Crippen LogP contribution is -2.15. The molecule has 1 atom stereocenters. The summed E-state index contributed by atoms with van der Waals surface area (Å²) in [4.78, 5) is 4.81. The summed E-state index contributed by atoms with van der Waals surface area (Å²) in [6.45, 7) is 0.562. The van der Waals surface area contributed by atoms with Gasteiger partial charge in [0.25, 0.3) is 0 Å². The van der Waals surface area contributed by atoms with Crippen LogP contribution in [0.5, 0.6) is 5.75 Å². The van der Waals surface area contributed by atoms with Gasteiger partial charge in [0.2, 0.25) is 0 Å². The average Bonchev–Trinajstić information content (AvgIpc) is 3.09. The number of para-hydroxylation sites is 1. The lowest BCUT2D eigenvalue weighted by atomic mass is 9.94. The minimum atomic E-state index is 0.178. The van der Waals surface area contributed by atoms with Crippen molar-refractivity contribution >= 4 is 32.3 Å². The van der Waals surface area contributed by atoms with Crippen molar-refractivity contribution < 1.29 is 4.74 Å². The molecule has 0 aliphatic heterocycles. The van der Waals surface area contributed by atoms with Crippen LogP contribution in [0.3, 0.4) is 0 Å². The molecule has 4 heteroatoms. The Morgan fingerprint density at radius 1 is 1.04 bits per heavy atom. The van der Waals surface area contributed by atoms with E-state index < -0.39 is 0 Å². The van der Waals surface area contributed by atoms with E-state index >= 15 is 0 Å². The van der Waals surface area contributed by atoms with Gasteiger partial charge < -0.3 is 10.5 Å². The second kappa shape index (κ2) is 6.82. The molecule has 3 nitrogen and oxygen atoms in total. The first-order valence-corrected chi connectivity index (χ1v) is 9.22. The van der Waals surface area contributed by atoms with E-state index in [1.54, 1.807) is 18.4 Å². The molecule has 2 N–H and O–H groups in total. The second-order valence-corrected chi connectivity index (χ2v) is 7.19. The van der Waals surface area contributed by atoms with E-state index in [1.165, 1.54) is 21.0 Å². The van der Waals surface area contributed by atoms with Gasteiger partial charge in [0.1, 0.15) is 5.75 Å². The van der Waals surface area contributed by atoms with Gasteiger partial charge in [-0.15, -0.1) is 11.3 Å². The molecule has 0 spiro atoms. The lowest BCUT2D eigenvalue weighted by molar-refractivity contribution is 0.409. The summed E-state index contributed by atoms with van der Waals surface area (Å²) in [5.74, 6) is 1.09. The Labute approximate surface area is 151 Å². The number of hydrogen-bond donors (Lipinski definition) is 1. The predicted octanol–water partition coefficient (Wildman–Crippen LogP) is 4.74. The molecule has 3 aromatic carbocycles. The summed E-state index contributed by atoms with van der Waals surface area (Å²) in [6, 6.07) is 20.8. The number of nitrogens with two attached hydrogens (primary N) is 1. The van der Waals surface area contributed by atoms with Gasteiger partial charge in [0.15, 0.2) is 0 Å². The maximum atomic E-state index is 6.14. The molecule has 0 fully saturated rings. The summed E-state index contributed by atoms with van der Waals surface area (Å²) in [6.07, 6.45) is 0.820. The van der Waals surface area contributed by atoms with Crippen LogP contribution in [0.15, 0.2) is 60.7 Å². The number of thiazole rings is 1. The van der Waals surface area contributed by atoms with E-state index in [0.717, 1.165) is 22.7 Å². The largest absolute Gasteiger partial charge is 0.496 e. The zero-order chi connectivity index (χ0) is 17.2. The Hall–Kier alpha value is -2.43. The van der Waals surface area contributed by atoms with Gasteiger partial charge in [-0.05, 0) is 35.4 Å². The van der Waals surface area contributed by atoms with Crippen LogP contribution in [0.25, 0.3) is 21.0 Å². The standard InChI is InChI=1S/C21H20N2OS/c1-24-19-11-10-14-6-2-3-7-16(14)17(19)12-15(13-22)21-23-18-8-4-5-9-20(18)25-21/h2-11,15H,12-13,22H2,1H3. The highest BCUT2D eigenvalue weighted by molar-refractivity contribution is 7.18. The zero-order valence-electron chi connectivity index (χ0n) is 14.1. The molecule has 0 saturated heterocycles. The van der Waals surface area contributed by atoms with Crippen molar-refractivity contribution in [2.75, 3.05) is 13.7 Å². The minimum absolute atomic E-state index is 0.178. The monoisotopic (exact) mass is 348 g/mol. The third-order valence-corrected chi connectivity index (χ3v) is 5.81. The number of nitrogens with zero attached hydrogens (tertiary/aromatic N) is 1. The Balaban J connectivity index is 1.78. The summed E-state index contributed by atoms with van der Waals surface area (Å²) in [5.41, 5.74) is 8.39. The predicted molar refractivity (Wildman–Crippen MR) is 106 cm³/mol. The number of fused-ring (bicyclic) bond motifs is 2. The number of hydrogen-bond acceptors (Lipinski definition) is 4. The molecule has 0 saturated carbocycles. The van der Waals surface area contributed by atoms with Gasteiger partial charge in [0, 0.05) is 18.0 Å². The van der Waals surface area contributed by atoms with E-state index in [9.17, 15) is 0 Å². The Bertz CT molecular complexity index is 992. The Morgan fingerprint density at radius 2 is 1.84 bits per heavy atom. The normalized spacial score (nSPS) is 12.6. The maximum Gasteiger partial charge on any atom is 0.122 e. The van der Waals surface area contributed by atoms with Crippen LogP contribution in [0.2, 0.25) is 0 Å². The van der Waals surface area contributed by atoms with E-state index in [4.69, 9.17) is 15.5 Å². The molecule has 1 aromatic heterocycles. The fourth-order valence-corrected chi connectivity index (χ4v) is 4.38. The second-order valence-electron chi connectivity index (χ2n) is 6.12. The Kier molecular flexibility index (Phi) is 4.38. The number of benzene rings is 3. The third kappa shape index (κ3) is 2.99. The fourth-order valence-electron chi connectivity index (χ4n) is 3.30. The number of methoxy groups -OCH3 is 1. The molecular weight excluding hydrogens is 328 g/mol. The van der Waals surface area contributed by atoms with Crippen molar-refractivity contribution in [1.29, 1.82) is 0 Å². The lowest BCUT2D eigenvalue weighted by Gasteiger charge is -2.17. The molecule has 0 radical (unpaired) electrons. The number of ether oxygens (including phenoxy) is 1. The smallest absolute Gasteiger partial charge is 0.122 e. The molecule has 0 aliphatic rings. The molecule has 25 heavy (non-hydrogen) atoms. The van der Waals surface area contributed by atoms with Crippen LogP contribution in [-0.2, 0) is 6.42 Å². The molecule has 0 aliphatic carbocycles. The highest BCUT2D eigenvalue weighted by Gasteiger charge is 2.19. The molecule has 1 heterocycles. The Morgan fingerprint density at radius 3 is 2.64 bits per heavy atom. The summed E-state index contributed by atoms with van der Waals surface area (Å²) in [5, 5.41) is 3.54. The maximum absolute atomic E-state index is 6.14. The van der Waals surface area contributed by atoms with E-state index in [2.05, 4.69) is 48.5 Å². The fraction of sp³-hybridized carbons (Fsp3) is 0.190. The highest BCUT2D eigenvalue weighted by Crippen LogP contribution is 2.34. The number of rotatable bonds is 5. The van der Waals surface area contributed by atoms with E-state index in [0.29, 0.717) is 6.54 Å². The van der Waals surface area contributed by atoms with Crippen molar-refractivity contribution in [3.05, 3.63) is 71.2 Å². The van der Waals surface area contributed by atoms with E-state index in [1.807, 2.05) is 12.1 Å². The molecule has 0 amide bonds. The molecule has 0 bridgehead atoms. The van der Waals surface area contributed by atoms with Gasteiger partial charge in [-0.3, -0.25) is 0 Å². The van der Waals surface area contributed by atoms with Gasteiger partial charge in [0.05, 0.1) is 22.3 Å². The van der Waals surface area contributed by atoms with Crippen LogP contribution in [0.1, 0.15) is 16.5 Å². The zero-order valence-corrected chi connectivity index (χ0v) is 14.9. The van der Waals surface area contributed by atoms with Gasteiger partial charge in [-0.25, -0.2) is 4.98 Å². The average molecular weight is 348 g/mol. The molecular formula is C21H20N2OS. The van der Waals surface area contributed by atoms with Crippen molar-refractivity contribution in [3.8, 4) is 5.75 Å². The van der Waals surface area contributed by atoms with Crippen LogP contribution in [-0.4, -0.2) is 18.6 Å². The summed E-state index contributed by atoms with van der Waals surface area (Å²) >= 11 is 1.74. The SMILES string of the molecule is COc1ccc2ccccc2c1CC(CN)c1nc2ccccc2s1. The molecule has 1 unspecified atom stereocenters. The first-order chi connectivity index (χ1) is 12.3. The van der Waals surface area contributed by atoms with Crippen LogP contribution >= 0.6 is 11.3 Å². The van der Waals surface area contributed by atoms with Crippen molar-refractivity contribution in [1.82, 2.24) is 4.98 Å². The van der Waals surface area contributed by atoms with Gasteiger partial charge in [-0.1, -0.05) is 42.5 Å². The minimum Gasteiger partial charge on any atom is -0.496 e. The first-order valence-electron chi connectivity index (χ1n) is 8.40.